The molecule has 0 aromatic heterocycles. The number of likely N-dealkylation sites (tertiary alicyclic amines) is 1. The van der Waals surface area contributed by atoms with E-state index in [2.05, 4.69) is 4.90 Å². The number of amidine groups is 1. The number of cyclic esters (lactones) is 1. The Labute approximate surface area is 164 Å². The van der Waals surface area contributed by atoms with E-state index in [4.69, 9.17) is 26.4 Å². The third-order valence-corrected chi connectivity index (χ3v) is 5.26. The Morgan fingerprint density at radius 1 is 1.32 bits per heavy atom. The second-order valence-corrected chi connectivity index (χ2v) is 7.25. The van der Waals surface area contributed by atoms with Gasteiger partial charge in [-0.2, -0.15) is 0 Å². The number of nitrogens with one attached hydrogen (secondary N) is 1. The first-order valence-electron chi connectivity index (χ1n) is 9.43. The number of carbonyl (C=O) groups excluding carboxylic acids is 2. The zero-order chi connectivity index (χ0) is 20.3. The lowest BCUT2D eigenvalue weighted by Crippen LogP contribution is -2.57. The van der Waals surface area contributed by atoms with Gasteiger partial charge in [0.15, 0.2) is 0 Å². The van der Waals surface area contributed by atoms with Crippen LogP contribution in [0.1, 0.15) is 25.3 Å². The largest absolute Gasteiger partial charge is 0.465 e. The number of nitrogen functional groups attached to an aromatic ring is 1. The van der Waals surface area contributed by atoms with Gasteiger partial charge in [-0.15, -0.1) is 0 Å². The molecule has 0 radical (unpaired) electrons. The summed E-state index contributed by atoms with van der Waals surface area (Å²) in [6, 6.07) is 6.92. The summed E-state index contributed by atoms with van der Waals surface area (Å²) in [6.45, 7) is 4.42. The SMILES string of the molecule is CCOC(=O)C1(N)CCN(CC2CN(c3ccc(C(=N)N)cc3)C(=O)O2)CC1. The van der Waals surface area contributed by atoms with E-state index in [1.54, 1.807) is 36.1 Å². The minimum Gasteiger partial charge on any atom is -0.465 e. The van der Waals surface area contributed by atoms with Crippen molar-refractivity contribution in [3.05, 3.63) is 29.8 Å². The summed E-state index contributed by atoms with van der Waals surface area (Å²) in [5, 5.41) is 7.44. The standard InChI is InChI=1S/C19H27N5O4/c1-2-27-17(25)19(22)7-9-23(10-8-19)11-15-12-24(18(26)28-15)14-5-3-13(4-6-14)16(20)21/h3-6,15H,2,7-12,22H2,1H3,(H3,20,21). The van der Waals surface area contributed by atoms with Gasteiger partial charge in [-0.3, -0.25) is 20.0 Å². The number of carbonyl (C=O) groups is 2. The molecule has 1 aromatic carbocycles. The Morgan fingerprint density at radius 3 is 2.54 bits per heavy atom. The normalized spacial score (nSPS) is 22.0. The van der Waals surface area contributed by atoms with Crippen molar-refractivity contribution in [1.29, 1.82) is 5.41 Å². The van der Waals surface area contributed by atoms with Gasteiger partial charge in [0.05, 0.1) is 13.2 Å². The van der Waals surface area contributed by atoms with E-state index in [0.29, 0.717) is 56.9 Å². The number of esters is 1. The van der Waals surface area contributed by atoms with Crippen LogP contribution < -0.4 is 16.4 Å². The Kier molecular flexibility index (Phi) is 5.85. The van der Waals surface area contributed by atoms with E-state index in [-0.39, 0.29) is 17.9 Å². The fourth-order valence-electron chi connectivity index (χ4n) is 3.55. The number of ether oxygens (including phenoxy) is 2. The fourth-order valence-corrected chi connectivity index (χ4v) is 3.55. The monoisotopic (exact) mass is 389 g/mol. The number of nitrogens with zero attached hydrogens (tertiary/aromatic N) is 2. The fraction of sp³-hybridized carbons (Fsp3) is 0.526. The highest BCUT2D eigenvalue weighted by atomic mass is 16.6. The second-order valence-electron chi connectivity index (χ2n) is 7.25. The lowest BCUT2D eigenvalue weighted by molar-refractivity contribution is -0.151. The number of anilines is 1. The van der Waals surface area contributed by atoms with Crippen molar-refractivity contribution < 1.29 is 19.1 Å². The molecule has 1 unspecified atom stereocenters. The molecule has 1 aromatic rings. The topological polar surface area (TPSA) is 135 Å². The third-order valence-electron chi connectivity index (χ3n) is 5.26. The van der Waals surface area contributed by atoms with E-state index in [1.807, 2.05) is 0 Å². The van der Waals surface area contributed by atoms with Crippen LogP contribution in [0.3, 0.4) is 0 Å². The molecular formula is C19H27N5O4. The number of rotatable bonds is 6. The van der Waals surface area contributed by atoms with Gasteiger partial charge in [0.25, 0.3) is 0 Å². The average molecular weight is 389 g/mol. The molecule has 152 valence electrons. The van der Waals surface area contributed by atoms with Crippen LogP contribution in [0.4, 0.5) is 10.5 Å². The molecule has 2 fully saturated rings. The van der Waals surface area contributed by atoms with Crippen LogP contribution in [0, 0.1) is 5.41 Å². The van der Waals surface area contributed by atoms with Crippen molar-refractivity contribution in [3.8, 4) is 0 Å². The zero-order valence-corrected chi connectivity index (χ0v) is 16.0. The van der Waals surface area contributed by atoms with Crippen molar-refractivity contribution in [2.45, 2.75) is 31.4 Å². The quantitative estimate of drug-likeness (QED) is 0.369. The minimum absolute atomic E-state index is 0.0164. The van der Waals surface area contributed by atoms with E-state index in [1.165, 1.54) is 0 Å². The Hall–Kier alpha value is -2.65. The molecule has 28 heavy (non-hydrogen) atoms. The molecule has 9 heteroatoms. The van der Waals surface area contributed by atoms with Gasteiger partial charge in [0.1, 0.15) is 17.5 Å². The molecule has 1 atom stereocenters. The van der Waals surface area contributed by atoms with Crippen molar-refractivity contribution in [2.24, 2.45) is 11.5 Å². The van der Waals surface area contributed by atoms with Gasteiger partial charge in [0, 0.05) is 30.9 Å². The van der Waals surface area contributed by atoms with Gasteiger partial charge < -0.3 is 20.9 Å². The number of hydrogen-bond donors (Lipinski definition) is 3. The summed E-state index contributed by atoms with van der Waals surface area (Å²) in [5.41, 5.74) is 12.0. The molecule has 2 saturated heterocycles. The predicted molar refractivity (Wildman–Crippen MR) is 104 cm³/mol. The summed E-state index contributed by atoms with van der Waals surface area (Å²) in [6.07, 6.45) is 0.385. The maximum absolute atomic E-state index is 12.2. The number of hydrogen-bond acceptors (Lipinski definition) is 7. The predicted octanol–water partition coefficient (Wildman–Crippen LogP) is 0.652. The van der Waals surface area contributed by atoms with Crippen molar-refractivity contribution in [2.75, 3.05) is 37.7 Å². The third kappa shape index (κ3) is 4.26. The molecule has 2 aliphatic heterocycles. The maximum Gasteiger partial charge on any atom is 0.414 e. The zero-order valence-electron chi connectivity index (χ0n) is 16.0. The first kappa shape index (κ1) is 20.1. The molecular weight excluding hydrogens is 362 g/mol. The lowest BCUT2D eigenvalue weighted by Gasteiger charge is -2.37. The van der Waals surface area contributed by atoms with Crippen LogP contribution in [0.2, 0.25) is 0 Å². The van der Waals surface area contributed by atoms with Crippen molar-refractivity contribution >= 4 is 23.6 Å². The molecule has 0 bridgehead atoms. The first-order valence-corrected chi connectivity index (χ1v) is 9.43. The molecule has 0 saturated carbocycles. The van der Waals surface area contributed by atoms with Gasteiger partial charge in [-0.05, 0) is 44.0 Å². The molecule has 2 aliphatic rings. The summed E-state index contributed by atoms with van der Waals surface area (Å²) >= 11 is 0. The van der Waals surface area contributed by atoms with Gasteiger partial charge in [0.2, 0.25) is 0 Å². The van der Waals surface area contributed by atoms with Crippen LogP contribution in [-0.4, -0.2) is 67.2 Å². The molecule has 0 spiro atoms. The Balaban J connectivity index is 1.54. The molecule has 0 aliphatic carbocycles. The summed E-state index contributed by atoms with van der Waals surface area (Å²) < 4.78 is 10.6. The molecule has 2 heterocycles. The Morgan fingerprint density at radius 2 is 1.96 bits per heavy atom. The van der Waals surface area contributed by atoms with E-state index >= 15 is 0 Å². The summed E-state index contributed by atoms with van der Waals surface area (Å²) in [5.74, 6) is -0.362. The van der Waals surface area contributed by atoms with Crippen molar-refractivity contribution in [1.82, 2.24) is 4.90 Å². The van der Waals surface area contributed by atoms with Gasteiger partial charge in [-0.25, -0.2) is 4.79 Å². The molecule has 3 rings (SSSR count). The van der Waals surface area contributed by atoms with Gasteiger partial charge >= 0.3 is 12.1 Å². The van der Waals surface area contributed by atoms with Crippen LogP contribution in [0.15, 0.2) is 24.3 Å². The number of benzene rings is 1. The molecule has 9 nitrogen and oxygen atoms in total. The minimum atomic E-state index is -0.927. The van der Waals surface area contributed by atoms with Crippen LogP contribution >= 0.6 is 0 Å². The summed E-state index contributed by atoms with van der Waals surface area (Å²) in [7, 11) is 0. The first-order chi connectivity index (χ1) is 13.3. The number of nitrogens with two attached hydrogens (primary N) is 2. The molecule has 1 amide bonds. The number of amides is 1. The van der Waals surface area contributed by atoms with E-state index in [9.17, 15) is 9.59 Å². The van der Waals surface area contributed by atoms with Crippen LogP contribution in [0.25, 0.3) is 0 Å². The Bertz CT molecular complexity index is 743. The number of piperidine rings is 1. The van der Waals surface area contributed by atoms with Crippen LogP contribution in [0.5, 0.6) is 0 Å². The highest BCUT2D eigenvalue weighted by Gasteiger charge is 2.40. The maximum atomic E-state index is 12.2. The van der Waals surface area contributed by atoms with E-state index < -0.39 is 11.6 Å². The lowest BCUT2D eigenvalue weighted by atomic mass is 9.88. The molecule has 5 N–H and O–H groups in total. The second kappa shape index (κ2) is 8.15. The average Bonchev–Trinajstić information content (AvgIpc) is 3.04. The van der Waals surface area contributed by atoms with Crippen molar-refractivity contribution in [3.63, 3.8) is 0 Å². The van der Waals surface area contributed by atoms with E-state index in [0.717, 1.165) is 0 Å². The van der Waals surface area contributed by atoms with Crippen LogP contribution in [-0.2, 0) is 14.3 Å². The highest BCUT2D eigenvalue weighted by molar-refractivity contribution is 5.96. The van der Waals surface area contributed by atoms with Gasteiger partial charge in [-0.1, -0.05) is 0 Å². The smallest absolute Gasteiger partial charge is 0.414 e. The highest BCUT2D eigenvalue weighted by Crippen LogP contribution is 2.25. The summed E-state index contributed by atoms with van der Waals surface area (Å²) in [4.78, 5) is 28.0.